The molecule has 0 saturated heterocycles. The number of para-hydroxylation sites is 1. The van der Waals surface area contributed by atoms with E-state index in [1.165, 1.54) is 13.0 Å². The first-order chi connectivity index (χ1) is 13.9. The highest BCUT2D eigenvalue weighted by molar-refractivity contribution is 6.47. The quantitative estimate of drug-likeness (QED) is 0.412. The van der Waals surface area contributed by atoms with Crippen LogP contribution in [-0.2, 0) is 6.42 Å². The zero-order valence-corrected chi connectivity index (χ0v) is 16.0. The SMILES string of the molecule is CC(=O)c1cccc2c1OB(O)[C@@H](NC(=O)c1ccccc1C(=O)NCCN)C2. The summed E-state index contributed by atoms with van der Waals surface area (Å²) in [5, 5.41) is 15.7. The molecular weight excluding hydrogens is 373 g/mol. The molecule has 0 fully saturated rings. The third-order valence-electron chi connectivity index (χ3n) is 4.66. The highest BCUT2D eigenvalue weighted by atomic mass is 16.5. The smallest absolute Gasteiger partial charge is 0.534 e. The van der Waals surface area contributed by atoms with Crippen molar-refractivity contribution >= 4 is 24.7 Å². The molecule has 8 nitrogen and oxygen atoms in total. The summed E-state index contributed by atoms with van der Waals surface area (Å²) in [5.74, 6) is -1.49. The summed E-state index contributed by atoms with van der Waals surface area (Å²) in [6.45, 7) is 2.00. The molecule has 1 aliphatic heterocycles. The highest BCUT2D eigenvalue weighted by Gasteiger charge is 2.37. The zero-order valence-electron chi connectivity index (χ0n) is 16.0. The number of benzene rings is 2. The molecule has 0 bridgehead atoms. The summed E-state index contributed by atoms with van der Waals surface area (Å²) in [5.41, 5.74) is 6.89. The summed E-state index contributed by atoms with van der Waals surface area (Å²) < 4.78 is 5.53. The topological polar surface area (TPSA) is 131 Å². The molecule has 2 amide bonds. The second-order valence-corrected chi connectivity index (χ2v) is 6.73. The number of fused-ring (bicyclic) bond motifs is 1. The van der Waals surface area contributed by atoms with E-state index in [9.17, 15) is 19.4 Å². The molecule has 5 N–H and O–H groups in total. The Kier molecular flexibility index (Phi) is 6.31. The first kappa shape index (κ1) is 20.6. The minimum absolute atomic E-state index is 0.172. The van der Waals surface area contributed by atoms with E-state index in [4.69, 9.17) is 10.4 Å². The molecule has 0 spiro atoms. The Labute approximate surface area is 168 Å². The maximum atomic E-state index is 12.8. The number of hydrogen-bond acceptors (Lipinski definition) is 6. The lowest BCUT2D eigenvalue weighted by Gasteiger charge is -2.29. The van der Waals surface area contributed by atoms with Gasteiger partial charge in [0.1, 0.15) is 5.75 Å². The van der Waals surface area contributed by atoms with Crippen LogP contribution in [0.25, 0.3) is 0 Å². The van der Waals surface area contributed by atoms with Gasteiger partial charge in [-0.05, 0) is 37.1 Å². The monoisotopic (exact) mass is 395 g/mol. The predicted molar refractivity (Wildman–Crippen MR) is 108 cm³/mol. The molecule has 2 aromatic rings. The van der Waals surface area contributed by atoms with Crippen molar-refractivity contribution < 1.29 is 24.1 Å². The number of hydrogen-bond donors (Lipinski definition) is 4. The van der Waals surface area contributed by atoms with Gasteiger partial charge in [0.25, 0.3) is 11.8 Å². The van der Waals surface area contributed by atoms with E-state index in [-0.39, 0.29) is 29.9 Å². The fraction of sp³-hybridized carbons (Fsp3) is 0.250. The third kappa shape index (κ3) is 4.47. The van der Waals surface area contributed by atoms with Gasteiger partial charge in [-0.2, -0.15) is 0 Å². The normalized spacial score (nSPS) is 15.1. The van der Waals surface area contributed by atoms with Gasteiger partial charge in [0.15, 0.2) is 5.78 Å². The van der Waals surface area contributed by atoms with Crippen LogP contribution in [0, 0.1) is 0 Å². The van der Waals surface area contributed by atoms with Crippen LogP contribution >= 0.6 is 0 Å². The van der Waals surface area contributed by atoms with Gasteiger partial charge in [0, 0.05) is 13.1 Å². The molecule has 1 heterocycles. The van der Waals surface area contributed by atoms with Crippen LogP contribution in [-0.4, -0.2) is 48.8 Å². The van der Waals surface area contributed by atoms with Gasteiger partial charge in [-0.1, -0.05) is 24.3 Å². The molecule has 150 valence electrons. The average molecular weight is 395 g/mol. The highest BCUT2D eigenvalue weighted by Crippen LogP contribution is 2.30. The molecule has 1 aliphatic rings. The van der Waals surface area contributed by atoms with Gasteiger partial charge in [-0.3, -0.25) is 14.4 Å². The van der Waals surface area contributed by atoms with Crippen molar-refractivity contribution in [3.05, 3.63) is 64.7 Å². The number of rotatable bonds is 6. The van der Waals surface area contributed by atoms with Crippen LogP contribution < -0.4 is 21.0 Å². The zero-order chi connectivity index (χ0) is 21.0. The Hall–Kier alpha value is -3.17. The Balaban J connectivity index is 1.79. The maximum absolute atomic E-state index is 12.8. The fourth-order valence-electron chi connectivity index (χ4n) is 3.23. The second kappa shape index (κ2) is 8.89. The first-order valence-corrected chi connectivity index (χ1v) is 9.28. The molecule has 0 aliphatic carbocycles. The van der Waals surface area contributed by atoms with Crippen molar-refractivity contribution in [2.75, 3.05) is 13.1 Å². The van der Waals surface area contributed by atoms with Crippen LogP contribution in [0.15, 0.2) is 42.5 Å². The number of ketones is 1. The third-order valence-corrected chi connectivity index (χ3v) is 4.66. The molecule has 3 rings (SSSR count). The molecule has 0 saturated carbocycles. The van der Waals surface area contributed by atoms with Crippen LogP contribution in [0.3, 0.4) is 0 Å². The molecular formula is C20H22BN3O5. The average Bonchev–Trinajstić information content (AvgIpc) is 2.71. The van der Waals surface area contributed by atoms with Gasteiger partial charge in [-0.15, -0.1) is 0 Å². The van der Waals surface area contributed by atoms with Crippen molar-refractivity contribution in [3.63, 3.8) is 0 Å². The number of Topliss-reactive ketones (excluding diaryl/α,β-unsaturated/α-hetero) is 1. The fourth-order valence-corrected chi connectivity index (χ4v) is 3.23. The van der Waals surface area contributed by atoms with Gasteiger partial charge >= 0.3 is 7.12 Å². The number of nitrogens with one attached hydrogen (secondary N) is 2. The van der Waals surface area contributed by atoms with Crippen molar-refractivity contribution in [1.82, 2.24) is 10.6 Å². The van der Waals surface area contributed by atoms with E-state index >= 15 is 0 Å². The summed E-state index contributed by atoms with van der Waals surface area (Å²) in [7, 11) is -1.33. The molecule has 0 radical (unpaired) electrons. The summed E-state index contributed by atoms with van der Waals surface area (Å²) in [4.78, 5) is 36.9. The van der Waals surface area contributed by atoms with Crippen LogP contribution in [0.4, 0.5) is 0 Å². The first-order valence-electron chi connectivity index (χ1n) is 9.28. The van der Waals surface area contributed by atoms with E-state index in [1.807, 2.05) is 0 Å². The summed E-state index contributed by atoms with van der Waals surface area (Å²) in [6.07, 6.45) is 0.283. The molecule has 2 aromatic carbocycles. The maximum Gasteiger partial charge on any atom is 0.547 e. The van der Waals surface area contributed by atoms with E-state index in [2.05, 4.69) is 10.6 Å². The second-order valence-electron chi connectivity index (χ2n) is 6.73. The van der Waals surface area contributed by atoms with E-state index in [1.54, 1.807) is 36.4 Å². The Morgan fingerprint density at radius 2 is 1.76 bits per heavy atom. The van der Waals surface area contributed by atoms with Crippen molar-refractivity contribution in [1.29, 1.82) is 0 Å². The Morgan fingerprint density at radius 1 is 1.10 bits per heavy atom. The van der Waals surface area contributed by atoms with Crippen LogP contribution in [0.1, 0.15) is 43.6 Å². The predicted octanol–water partition coefficient (Wildman–Crippen LogP) is 0.331. The van der Waals surface area contributed by atoms with E-state index in [0.717, 1.165) is 0 Å². The number of amides is 2. The Bertz CT molecular complexity index is 949. The molecule has 9 heteroatoms. The minimum atomic E-state index is -1.33. The lowest BCUT2D eigenvalue weighted by molar-refractivity contribution is 0.0913. The number of nitrogens with two attached hydrogens (primary N) is 1. The molecule has 1 atom stereocenters. The molecule has 29 heavy (non-hydrogen) atoms. The lowest BCUT2D eigenvalue weighted by atomic mass is 9.72. The van der Waals surface area contributed by atoms with Crippen LogP contribution in [0.5, 0.6) is 5.75 Å². The van der Waals surface area contributed by atoms with Gasteiger partial charge < -0.3 is 26.0 Å². The standard InChI is InChI=1S/C20H22BN3O5/c1-12(25)14-8-4-5-13-11-17(21(28)29-18(13)14)24-20(27)16-7-3-2-6-15(16)19(26)23-10-9-22/h2-8,17,28H,9-11,22H2,1H3,(H,23,26)(H,24,27)/t17-/m0/s1. The van der Waals surface area contributed by atoms with E-state index in [0.29, 0.717) is 23.4 Å². The van der Waals surface area contributed by atoms with Gasteiger partial charge in [0.2, 0.25) is 0 Å². The minimum Gasteiger partial charge on any atom is -0.534 e. The van der Waals surface area contributed by atoms with Crippen molar-refractivity contribution in [3.8, 4) is 5.75 Å². The number of carbonyl (C=O) groups is 3. The largest absolute Gasteiger partial charge is 0.547 e. The molecule has 0 aromatic heterocycles. The lowest BCUT2D eigenvalue weighted by Crippen LogP contribution is -2.53. The molecule has 0 unspecified atom stereocenters. The van der Waals surface area contributed by atoms with Crippen LogP contribution in [0.2, 0.25) is 0 Å². The van der Waals surface area contributed by atoms with E-state index < -0.39 is 24.9 Å². The van der Waals surface area contributed by atoms with Crippen molar-refractivity contribution in [2.24, 2.45) is 5.73 Å². The summed E-state index contributed by atoms with van der Waals surface area (Å²) >= 11 is 0. The summed E-state index contributed by atoms with van der Waals surface area (Å²) in [6, 6.07) is 11.5. The van der Waals surface area contributed by atoms with Gasteiger partial charge in [-0.25, -0.2) is 0 Å². The van der Waals surface area contributed by atoms with Crippen molar-refractivity contribution in [2.45, 2.75) is 19.3 Å². The Morgan fingerprint density at radius 3 is 2.41 bits per heavy atom. The van der Waals surface area contributed by atoms with Gasteiger partial charge in [0.05, 0.1) is 22.6 Å². The number of carbonyl (C=O) groups excluding carboxylic acids is 3.